The summed E-state index contributed by atoms with van der Waals surface area (Å²) in [4.78, 5) is 22.4. The molecule has 0 saturated heterocycles. The van der Waals surface area contributed by atoms with Crippen LogP contribution in [0.2, 0.25) is 0 Å². The molecule has 0 saturated carbocycles. The summed E-state index contributed by atoms with van der Waals surface area (Å²) >= 11 is 0. The number of carbonyl (C=O) groups is 2. The molecule has 1 rings (SSSR count). The van der Waals surface area contributed by atoms with Crippen LogP contribution in [-0.2, 0) is 4.79 Å². The maximum absolute atomic E-state index is 12.4. The molecule has 0 radical (unpaired) electrons. The van der Waals surface area contributed by atoms with Gasteiger partial charge in [0.05, 0.1) is 29.0 Å². The molecule has 0 aliphatic heterocycles. The van der Waals surface area contributed by atoms with Crippen molar-refractivity contribution >= 4 is 17.4 Å². The van der Waals surface area contributed by atoms with Gasteiger partial charge in [-0.3, -0.25) is 9.59 Å². The number of halogens is 3. The summed E-state index contributed by atoms with van der Waals surface area (Å²) in [6.07, 6.45) is -5.71. The van der Waals surface area contributed by atoms with Crippen molar-refractivity contribution in [2.24, 2.45) is 0 Å². The average Bonchev–Trinajstić information content (AvgIpc) is 2.37. The van der Waals surface area contributed by atoms with Crippen molar-refractivity contribution in [1.82, 2.24) is 0 Å². The fourth-order valence-electron chi connectivity index (χ4n) is 1.33. The number of rotatable bonds is 3. The van der Waals surface area contributed by atoms with Gasteiger partial charge >= 0.3 is 6.18 Å². The van der Waals surface area contributed by atoms with E-state index in [2.05, 4.69) is 0 Å². The summed E-state index contributed by atoms with van der Waals surface area (Å²) in [5.74, 6) is -3.03. The number of alkyl halides is 3. The first-order valence-electron chi connectivity index (χ1n) is 5.12. The summed E-state index contributed by atoms with van der Waals surface area (Å²) in [6.45, 7) is 0. The number of nitriles is 2. The molecule has 0 aromatic heterocycles. The van der Waals surface area contributed by atoms with Gasteiger partial charge in [0.1, 0.15) is 6.42 Å². The van der Waals surface area contributed by atoms with E-state index in [4.69, 9.17) is 10.5 Å². The molecule has 5 nitrogen and oxygen atoms in total. The average molecular weight is 281 g/mol. The molecule has 102 valence electrons. The third-order valence-electron chi connectivity index (χ3n) is 2.16. The van der Waals surface area contributed by atoms with E-state index in [1.54, 1.807) is 6.07 Å². The van der Waals surface area contributed by atoms with Crippen LogP contribution in [0, 0.1) is 22.7 Å². The predicted molar refractivity (Wildman–Crippen MR) is 60.4 cm³/mol. The number of Topliss-reactive ketones (excluding diaryl/α,β-unsaturated/α-hetero) is 1. The molecule has 0 spiro atoms. The zero-order valence-electron chi connectivity index (χ0n) is 9.78. The second-order valence-electron chi connectivity index (χ2n) is 3.58. The van der Waals surface area contributed by atoms with Gasteiger partial charge in [-0.1, -0.05) is 0 Å². The van der Waals surface area contributed by atoms with Crippen LogP contribution < -0.4 is 5.32 Å². The molecule has 0 fully saturated rings. The minimum atomic E-state index is -5.14. The molecule has 0 heterocycles. The zero-order chi connectivity index (χ0) is 15.3. The fraction of sp³-hybridized carbons (Fsp3) is 0.167. The molecule has 1 N–H and O–H groups in total. The topological polar surface area (TPSA) is 93.8 Å². The summed E-state index contributed by atoms with van der Waals surface area (Å²) in [5, 5.41) is 19.0. The highest BCUT2D eigenvalue weighted by Gasteiger charge is 2.40. The van der Waals surface area contributed by atoms with Crippen LogP contribution in [-0.4, -0.2) is 17.9 Å². The molecule has 1 aromatic rings. The van der Waals surface area contributed by atoms with Crippen molar-refractivity contribution < 1.29 is 22.8 Å². The number of amides is 1. The van der Waals surface area contributed by atoms with Crippen LogP contribution in [0.3, 0.4) is 0 Å². The number of hydrogen-bond donors (Lipinski definition) is 1. The Kier molecular flexibility index (Phi) is 4.44. The molecule has 0 atom stereocenters. The molecule has 0 bridgehead atoms. The lowest BCUT2D eigenvalue weighted by Crippen LogP contribution is -2.25. The standard InChI is InChI=1S/C12H6F3N3O2/c13-12(14,15)11(20)8-5-7(6-17)1-2-9(8)18-10(19)3-4-16/h1-2,5H,3H2,(H,18,19). The smallest absolute Gasteiger partial charge is 0.325 e. The third kappa shape index (κ3) is 3.56. The van der Waals surface area contributed by atoms with Crippen LogP contribution in [0.4, 0.5) is 18.9 Å². The second-order valence-corrected chi connectivity index (χ2v) is 3.58. The predicted octanol–water partition coefficient (Wildman–Crippen LogP) is 2.16. The number of carbonyl (C=O) groups excluding carboxylic acids is 2. The zero-order valence-corrected chi connectivity index (χ0v) is 9.78. The number of nitrogens with one attached hydrogen (secondary N) is 1. The lowest BCUT2D eigenvalue weighted by molar-refractivity contribution is -0.115. The van der Waals surface area contributed by atoms with Gasteiger partial charge in [-0.25, -0.2) is 0 Å². The van der Waals surface area contributed by atoms with Gasteiger partial charge in [0.25, 0.3) is 5.78 Å². The van der Waals surface area contributed by atoms with Crippen molar-refractivity contribution in [3.05, 3.63) is 29.3 Å². The maximum atomic E-state index is 12.4. The van der Waals surface area contributed by atoms with Crippen LogP contribution in [0.5, 0.6) is 0 Å². The number of anilines is 1. The van der Waals surface area contributed by atoms with Crippen molar-refractivity contribution in [2.45, 2.75) is 12.6 Å². The molecule has 1 aromatic carbocycles. The maximum Gasteiger partial charge on any atom is 0.454 e. The Balaban J connectivity index is 3.25. The molecular formula is C12H6F3N3O2. The van der Waals surface area contributed by atoms with E-state index in [9.17, 15) is 22.8 Å². The van der Waals surface area contributed by atoms with Crippen LogP contribution in [0.1, 0.15) is 22.3 Å². The first-order chi connectivity index (χ1) is 9.29. The van der Waals surface area contributed by atoms with E-state index in [1.165, 1.54) is 6.07 Å². The number of nitrogens with zero attached hydrogens (tertiary/aromatic N) is 2. The normalized spacial score (nSPS) is 10.2. The Bertz CT molecular complexity index is 639. The summed E-state index contributed by atoms with van der Waals surface area (Å²) in [6, 6.07) is 6.00. The molecule has 20 heavy (non-hydrogen) atoms. The Labute approximate surface area is 111 Å². The highest BCUT2D eigenvalue weighted by Crippen LogP contribution is 2.27. The largest absolute Gasteiger partial charge is 0.454 e. The third-order valence-corrected chi connectivity index (χ3v) is 2.16. The highest BCUT2D eigenvalue weighted by molar-refractivity contribution is 6.07. The molecule has 0 unspecified atom stereocenters. The van der Waals surface area contributed by atoms with Gasteiger partial charge < -0.3 is 5.32 Å². The van der Waals surface area contributed by atoms with Crippen LogP contribution >= 0.6 is 0 Å². The Morgan fingerprint density at radius 2 is 1.90 bits per heavy atom. The van der Waals surface area contributed by atoms with Crippen molar-refractivity contribution in [1.29, 1.82) is 10.5 Å². The Hall–Kier alpha value is -2.87. The van der Waals surface area contributed by atoms with E-state index in [1.807, 2.05) is 5.32 Å². The van der Waals surface area contributed by atoms with E-state index in [0.29, 0.717) is 0 Å². The van der Waals surface area contributed by atoms with Gasteiger partial charge in [0.2, 0.25) is 5.91 Å². The van der Waals surface area contributed by atoms with Crippen molar-refractivity contribution in [2.75, 3.05) is 5.32 Å². The summed E-state index contributed by atoms with van der Waals surface area (Å²) in [5.41, 5.74) is -1.40. The van der Waals surface area contributed by atoms with Gasteiger partial charge in [0, 0.05) is 0 Å². The molecular weight excluding hydrogens is 275 g/mol. The molecule has 0 aliphatic rings. The van der Waals surface area contributed by atoms with Gasteiger partial charge in [-0.05, 0) is 18.2 Å². The second kappa shape index (κ2) is 5.85. The summed E-state index contributed by atoms with van der Waals surface area (Å²) < 4.78 is 37.3. The molecule has 0 aliphatic carbocycles. The van der Waals surface area contributed by atoms with Gasteiger partial charge in [0.15, 0.2) is 0 Å². The highest BCUT2D eigenvalue weighted by atomic mass is 19.4. The minimum Gasteiger partial charge on any atom is -0.325 e. The number of hydrogen-bond acceptors (Lipinski definition) is 4. The van der Waals surface area contributed by atoms with Crippen LogP contribution in [0.15, 0.2) is 18.2 Å². The lowest BCUT2D eigenvalue weighted by atomic mass is 10.0. The molecule has 8 heteroatoms. The fourth-order valence-corrected chi connectivity index (χ4v) is 1.33. The van der Waals surface area contributed by atoms with Gasteiger partial charge in [-0.2, -0.15) is 23.7 Å². The first kappa shape index (κ1) is 15.2. The number of ketones is 1. The van der Waals surface area contributed by atoms with E-state index < -0.39 is 35.5 Å². The van der Waals surface area contributed by atoms with E-state index in [-0.39, 0.29) is 5.56 Å². The molecule has 1 amide bonds. The van der Waals surface area contributed by atoms with Crippen LogP contribution in [0.25, 0.3) is 0 Å². The monoisotopic (exact) mass is 281 g/mol. The van der Waals surface area contributed by atoms with E-state index >= 15 is 0 Å². The van der Waals surface area contributed by atoms with Gasteiger partial charge in [-0.15, -0.1) is 0 Å². The Morgan fingerprint density at radius 1 is 1.25 bits per heavy atom. The SMILES string of the molecule is N#CCC(=O)Nc1ccc(C#N)cc1C(=O)C(F)(F)F. The number of benzene rings is 1. The van der Waals surface area contributed by atoms with Crippen molar-refractivity contribution in [3.8, 4) is 12.1 Å². The minimum absolute atomic E-state index is 0.157. The summed E-state index contributed by atoms with van der Waals surface area (Å²) in [7, 11) is 0. The quantitative estimate of drug-likeness (QED) is 0.859. The van der Waals surface area contributed by atoms with E-state index in [0.717, 1.165) is 18.2 Å². The first-order valence-corrected chi connectivity index (χ1v) is 5.12. The lowest BCUT2D eigenvalue weighted by Gasteiger charge is -2.11. The van der Waals surface area contributed by atoms with Crippen molar-refractivity contribution in [3.63, 3.8) is 0 Å². The Morgan fingerprint density at radius 3 is 2.40 bits per heavy atom.